The molecule has 8 heteroatoms. The molecule has 26 heavy (non-hydrogen) atoms. The van der Waals surface area contributed by atoms with E-state index >= 15 is 0 Å². The van der Waals surface area contributed by atoms with Crippen LogP contribution in [0.3, 0.4) is 0 Å². The second kappa shape index (κ2) is 7.43. The largest absolute Gasteiger partial charge is 0.489 e. The van der Waals surface area contributed by atoms with Crippen LogP contribution < -0.4 is 10.1 Å². The quantitative estimate of drug-likeness (QED) is 0.861. The Balaban J connectivity index is 1.87. The minimum Gasteiger partial charge on any atom is -0.489 e. The van der Waals surface area contributed by atoms with Crippen LogP contribution in [-0.4, -0.2) is 44.4 Å². The summed E-state index contributed by atoms with van der Waals surface area (Å²) >= 11 is 0. The molecule has 0 aromatic heterocycles. The van der Waals surface area contributed by atoms with Crippen LogP contribution in [0.2, 0.25) is 0 Å². The Morgan fingerprint density at radius 2 is 1.81 bits per heavy atom. The normalized spacial score (nSPS) is 20.7. The number of nitrogens with zero attached hydrogens (tertiary/aromatic N) is 1. The molecule has 0 unspecified atom stereocenters. The average Bonchev–Trinajstić information content (AvgIpc) is 3.07. The van der Waals surface area contributed by atoms with Crippen molar-refractivity contribution in [1.82, 2.24) is 9.62 Å². The Labute approximate surface area is 151 Å². The van der Waals surface area contributed by atoms with E-state index in [0.29, 0.717) is 5.75 Å². The molecule has 0 spiro atoms. The van der Waals surface area contributed by atoms with E-state index in [1.165, 1.54) is 19.2 Å². The van der Waals surface area contributed by atoms with E-state index < -0.39 is 33.9 Å². The van der Waals surface area contributed by atoms with E-state index in [9.17, 15) is 17.6 Å². The van der Waals surface area contributed by atoms with Crippen molar-refractivity contribution in [2.24, 2.45) is 0 Å². The van der Waals surface area contributed by atoms with Crippen molar-refractivity contribution in [3.63, 3.8) is 0 Å². The molecule has 1 amide bonds. The molecule has 1 N–H and O–H groups in total. The molecule has 2 aromatic carbocycles. The maximum absolute atomic E-state index is 13.1. The van der Waals surface area contributed by atoms with Gasteiger partial charge in [0.2, 0.25) is 15.9 Å². The first kappa shape index (κ1) is 18.3. The number of amides is 1. The molecule has 0 saturated carbocycles. The van der Waals surface area contributed by atoms with Gasteiger partial charge in [-0.25, -0.2) is 12.8 Å². The molecule has 2 aromatic rings. The lowest BCUT2D eigenvalue weighted by molar-refractivity contribution is -0.123. The molecule has 1 heterocycles. The molecule has 3 rings (SSSR count). The SMILES string of the molecule is CNC(=O)[C@H]1C[C@H](Oc2ccccc2)CN1S(=O)(=O)c1ccc(F)cc1. The second-order valence-corrected chi connectivity index (χ2v) is 7.84. The highest BCUT2D eigenvalue weighted by molar-refractivity contribution is 7.89. The molecule has 6 nitrogen and oxygen atoms in total. The molecular formula is C18H19FN2O4S. The lowest BCUT2D eigenvalue weighted by atomic mass is 10.2. The number of ether oxygens (including phenoxy) is 1. The predicted octanol–water partition coefficient (Wildman–Crippen LogP) is 1.78. The topological polar surface area (TPSA) is 75.7 Å². The van der Waals surface area contributed by atoms with Gasteiger partial charge in [-0.2, -0.15) is 4.31 Å². The maximum atomic E-state index is 13.1. The second-order valence-electron chi connectivity index (χ2n) is 5.95. The van der Waals surface area contributed by atoms with Crippen LogP contribution in [-0.2, 0) is 14.8 Å². The smallest absolute Gasteiger partial charge is 0.243 e. The molecule has 1 fully saturated rings. The van der Waals surface area contributed by atoms with Crippen molar-refractivity contribution in [3.8, 4) is 5.75 Å². The summed E-state index contributed by atoms with van der Waals surface area (Å²) in [5.41, 5.74) is 0. The maximum Gasteiger partial charge on any atom is 0.243 e. The molecule has 0 bridgehead atoms. The zero-order chi connectivity index (χ0) is 18.7. The summed E-state index contributed by atoms with van der Waals surface area (Å²) in [6.07, 6.45) is -0.232. The molecule has 1 aliphatic rings. The van der Waals surface area contributed by atoms with Crippen LogP contribution >= 0.6 is 0 Å². The number of nitrogens with one attached hydrogen (secondary N) is 1. The van der Waals surface area contributed by atoms with Gasteiger partial charge in [0.15, 0.2) is 0 Å². The van der Waals surface area contributed by atoms with Gasteiger partial charge in [0, 0.05) is 13.5 Å². The van der Waals surface area contributed by atoms with E-state index in [1.54, 1.807) is 12.1 Å². The summed E-state index contributed by atoms with van der Waals surface area (Å²) in [7, 11) is -2.50. The van der Waals surface area contributed by atoms with Gasteiger partial charge in [-0.1, -0.05) is 18.2 Å². The standard InChI is InChI=1S/C18H19FN2O4S/c1-20-18(22)17-11-15(25-14-5-3-2-4-6-14)12-21(17)26(23,24)16-9-7-13(19)8-10-16/h2-10,15,17H,11-12H2,1H3,(H,20,22)/t15-,17+/m0/s1. The summed E-state index contributed by atoms with van der Waals surface area (Å²) in [6.45, 7) is 0.0344. The predicted molar refractivity (Wildman–Crippen MR) is 93.6 cm³/mol. The lowest BCUT2D eigenvalue weighted by Gasteiger charge is -2.22. The number of halogens is 1. The highest BCUT2D eigenvalue weighted by Crippen LogP contribution is 2.29. The number of carbonyl (C=O) groups excluding carboxylic acids is 1. The summed E-state index contributed by atoms with van der Waals surface area (Å²) in [5, 5.41) is 2.49. The number of sulfonamides is 1. The van der Waals surface area contributed by atoms with Crippen LogP contribution in [0.15, 0.2) is 59.5 Å². The third kappa shape index (κ3) is 3.71. The monoisotopic (exact) mass is 378 g/mol. The fourth-order valence-corrected chi connectivity index (χ4v) is 4.59. The third-order valence-corrected chi connectivity index (χ3v) is 6.12. The van der Waals surface area contributed by atoms with Gasteiger partial charge >= 0.3 is 0 Å². The number of hydrogen-bond acceptors (Lipinski definition) is 4. The highest BCUT2D eigenvalue weighted by atomic mass is 32.2. The van der Waals surface area contributed by atoms with Gasteiger partial charge in [-0.15, -0.1) is 0 Å². The minimum atomic E-state index is -3.96. The van der Waals surface area contributed by atoms with E-state index in [0.717, 1.165) is 16.4 Å². The van der Waals surface area contributed by atoms with Crippen molar-refractivity contribution in [3.05, 3.63) is 60.4 Å². The number of benzene rings is 2. The van der Waals surface area contributed by atoms with Crippen molar-refractivity contribution in [1.29, 1.82) is 0 Å². The Morgan fingerprint density at radius 1 is 1.15 bits per heavy atom. The molecule has 0 radical (unpaired) electrons. The summed E-state index contributed by atoms with van der Waals surface area (Å²) in [4.78, 5) is 12.2. The Bertz CT molecular complexity index is 872. The summed E-state index contributed by atoms with van der Waals surface area (Å²) in [5.74, 6) is -0.331. The first-order valence-electron chi connectivity index (χ1n) is 8.12. The van der Waals surface area contributed by atoms with Crippen LogP contribution in [0.25, 0.3) is 0 Å². The fraction of sp³-hybridized carbons (Fsp3) is 0.278. The number of rotatable bonds is 5. The van der Waals surface area contributed by atoms with Gasteiger partial charge < -0.3 is 10.1 Å². The van der Waals surface area contributed by atoms with Crippen LogP contribution in [0.5, 0.6) is 5.75 Å². The zero-order valence-electron chi connectivity index (χ0n) is 14.1. The van der Waals surface area contributed by atoms with Crippen LogP contribution in [0.4, 0.5) is 4.39 Å². The molecular weight excluding hydrogens is 359 g/mol. The molecule has 1 saturated heterocycles. The Morgan fingerprint density at radius 3 is 2.42 bits per heavy atom. The lowest BCUT2D eigenvalue weighted by Crippen LogP contribution is -2.44. The number of hydrogen-bond donors (Lipinski definition) is 1. The number of carbonyl (C=O) groups is 1. The minimum absolute atomic E-state index is 0.0344. The number of likely N-dealkylation sites (N-methyl/N-ethyl adjacent to an activating group) is 1. The van der Waals surface area contributed by atoms with Crippen molar-refractivity contribution < 1.29 is 22.3 Å². The molecule has 138 valence electrons. The van der Waals surface area contributed by atoms with Crippen LogP contribution in [0.1, 0.15) is 6.42 Å². The van der Waals surface area contributed by atoms with E-state index in [2.05, 4.69) is 5.32 Å². The third-order valence-electron chi connectivity index (χ3n) is 4.23. The van der Waals surface area contributed by atoms with Gasteiger partial charge in [0.05, 0.1) is 11.4 Å². The van der Waals surface area contributed by atoms with E-state index in [4.69, 9.17) is 4.74 Å². The van der Waals surface area contributed by atoms with Gasteiger partial charge in [-0.05, 0) is 36.4 Å². The van der Waals surface area contributed by atoms with Crippen molar-refractivity contribution in [2.45, 2.75) is 23.5 Å². The summed E-state index contributed by atoms with van der Waals surface area (Å²) < 4.78 is 46.0. The van der Waals surface area contributed by atoms with Gasteiger partial charge in [-0.3, -0.25) is 4.79 Å². The number of para-hydroxylation sites is 1. The summed E-state index contributed by atoms with van der Waals surface area (Å²) in [6, 6.07) is 12.7. The van der Waals surface area contributed by atoms with E-state index in [-0.39, 0.29) is 17.9 Å². The van der Waals surface area contributed by atoms with Gasteiger partial charge in [0.1, 0.15) is 23.7 Å². The fourth-order valence-electron chi connectivity index (χ4n) is 2.96. The Kier molecular flexibility index (Phi) is 5.24. The molecule has 0 aliphatic carbocycles. The molecule has 2 atom stereocenters. The zero-order valence-corrected chi connectivity index (χ0v) is 14.9. The van der Waals surface area contributed by atoms with Crippen molar-refractivity contribution >= 4 is 15.9 Å². The van der Waals surface area contributed by atoms with Crippen LogP contribution in [0, 0.1) is 5.82 Å². The first-order chi connectivity index (χ1) is 12.4. The Hall–Kier alpha value is -2.45. The van der Waals surface area contributed by atoms with Gasteiger partial charge in [0.25, 0.3) is 0 Å². The first-order valence-corrected chi connectivity index (χ1v) is 9.56. The average molecular weight is 378 g/mol. The highest BCUT2D eigenvalue weighted by Gasteiger charge is 2.44. The molecule has 1 aliphatic heterocycles. The van der Waals surface area contributed by atoms with E-state index in [1.807, 2.05) is 18.2 Å². The van der Waals surface area contributed by atoms with Crippen molar-refractivity contribution in [2.75, 3.05) is 13.6 Å².